The molecule has 218 valence electrons. The summed E-state index contributed by atoms with van der Waals surface area (Å²) < 4.78 is 22.3. The predicted octanol–water partition coefficient (Wildman–Crippen LogP) is 4.72. The van der Waals surface area contributed by atoms with Crippen LogP contribution in [-0.4, -0.2) is 81.7 Å². The number of hydrogen-bond donors (Lipinski definition) is 2. The van der Waals surface area contributed by atoms with E-state index < -0.39 is 0 Å². The first-order chi connectivity index (χ1) is 19.9. The van der Waals surface area contributed by atoms with Gasteiger partial charge in [-0.1, -0.05) is 29.8 Å². The number of hydrogen-bond acceptors (Lipinski definition) is 9. The molecule has 2 aliphatic heterocycles. The van der Waals surface area contributed by atoms with Crippen molar-refractivity contribution in [3.8, 4) is 22.8 Å². The van der Waals surface area contributed by atoms with Crippen LogP contribution >= 0.6 is 23.2 Å². The molecule has 1 amide bonds. The summed E-state index contributed by atoms with van der Waals surface area (Å²) in [4.78, 5) is 24.0. The lowest BCUT2D eigenvalue weighted by atomic mass is 10.0. The van der Waals surface area contributed by atoms with Crippen LogP contribution in [0.2, 0.25) is 10.0 Å². The fourth-order valence-corrected chi connectivity index (χ4v) is 5.98. The highest BCUT2D eigenvalue weighted by Crippen LogP contribution is 2.46. The Labute approximate surface area is 248 Å². The lowest BCUT2D eigenvalue weighted by Gasteiger charge is -2.33. The van der Waals surface area contributed by atoms with E-state index in [-0.39, 0.29) is 24.1 Å². The van der Waals surface area contributed by atoms with E-state index in [1.807, 2.05) is 12.1 Å². The number of ether oxygens (including phenoxy) is 4. The number of benzene rings is 1. The van der Waals surface area contributed by atoms with Crippen LogP contribution in [0.5, 0.6) is 11.5 Å². The van der Waals surface area contributed by atoms with Crippen molar-refractivity contribution in [3.05, 3.63) is 47.1 Å². The molecule has 0 bridgehead atoms. The van der Waals surface area contributed by atoms with Crippen molar-refractivity contribution in [2.24, 2.45) is 0 Å². The summed E-state index contributed by atoms with van der Waals surface area (Å²) in [6.07, 6.45) is 4.71. The number of nitrogens with zero attached hydrogens (tertiary/aromatic N) is 3. The second-order valence-corrected chi connectivity index (χ2v) is 10.7. The average molecular weight is 603 g/mol. The molecule has 2 saturated heterocycles. The summed E-state index contributed by atoms with van der Waals surface area (Å²) in [7, 11) is 4.80. The molecule has 0 radical (unpaired) electrons. The van der Waals surface area contributed by atoms with E-state index in [1.54, 1.807) is 19.4 Å². The molecule has 0 saturated carbocycles. The van der Waals surface area contributed by atoms with Gasteiger partial charge in [0.1, 0.15) is 23.1 Å². The molecule has 0 spiro atoms. The Balaban J connectivity index is 1.59. The van der Waals surface area contributed by atoms with Gasteiger partial charge in [0, 0.05) is 55.4 Å². The third kappa shape index (κ3) is 6.01. The van der Waals surface area contributed by atoms with Crippen molar-refractivity contribution in [1.82, 2.24) is 15.3 Å². The van der Waals surface area contributed by atoms with Crippen molar-refractivity contribution < 1.29 is 23.7 Å². The van der Waals surface area contributed by atoms with Crippen molar-refractivity contribution in [2.45, 2.75) is 31.0 Å². The smallest absolute Gasteiger partial charge is 0.243 e. The highest BCUT2D eigenvalue weighted by molar-refractivity contribution is 6.41. The van der Waals surface area contributed by atoms with E-state index >= 15 is 0 Å². The fourth-order valence-electron chi connectivity index (χ4n) is 5.28. The second-order valence-electron chi connectivity index (χ2n) is 9.93. The summed E-state index contributed by atoms with van der Waals surface area (Å²) in [5.41, 5.74) is 1.08. The van der Waals surface area contributed by atoms with Gasteiger partial charge in [0.25, 0.3) is 0 Å². The van der Waals surface area contributed by atoms with E-state index in [4.69, 9.17) is 52.1 Å². The van der Waals surface area contributed by atoms with Crippen molar-refractivity contribution in [3.63, 3.8) is 0 Å². The zero-order chi connectivity index (χ0) is 29.1. The standard InChI is InChI=1S/C29H33Cl2N5O5/c1-5-25(37)34-19-7-9-41-15-21(19)33-24-11-18-16(13-32-24)10-20(35-29(18)36-8-6-17(14-36)38-2)26-27(30)22(39-3)12-23(40-4)28(26)31/h5,10-13,17,19,21H,1,6-9,14-15H2,2-4H3,(H,32,33)(H,34,37)/t17?,19-,21+/m0/s1. The Morgan fingerprint density at radius 2 is 1.88 bits per heavy atom. The van der Waals surface area contributed by atoms with E-state index in [9.17, 15) is 4.79 Å². The minimum atomic E-state index is -0.220. The maximum Gasteiger partial charge on any atom is 0.243 e. The minimum absolute atomic E-state index is 0.0904. The molecule has 12 heteroatoms. The summed E-state index contributed by atoms with van der Waals surface area (Å²) in [5.74, 6) is 2.04. The second kappa shape index (κ2) is 12.7. The van der Waals surface area contributed by atoms with Crippen LogP contribution in [0.3, 0.4) is 0 Å². The summed E-state index contributed by atoms with van der Waals surface area (Å²) >= 11 is 13.5. The minimum Gasteiger partial charge on any atom is -0.495 e. The maximum absolute atomic E-state index is 12.0. The zero-order valence-electron chi connectivity index (χ0n) is 23.2. The third-order valence-corrected chi connectivity index (χ3v) is 8.26. The molecule has 4 heterocycles. The SMILES string of the molecule is C=CC(=O)N[C@H]1CCOC[C@H]1Nc1cc2c(N3CCC(OC)C3)nc(-c3c(Cl)c(OC)cc(OC)c3Cl)cc2cn1. The molecule has 10 nitrogen and oxygen atoms in total. The first-order valence-electron chi connectivity index (χ1n) is 13.3. The maximum atomic E-state index is 12.0. The van der Waals surface area contributed by atoms with Crippen molar-refractivity contribution in [1.29, 1.82) is 0 Å². The van der Waals surface area contributed by atoms with Crippen molar-refractivity contribution >= 4 is 51.5 Å². The van der Waals surface area contributed by atoms with E-state index in [1.165, 1.54) is 20.3 Å². The molecule has 5 rings (SSSR count). The van der Waals surface area contributed by atoms with Crippen LogP contribution in [0.1, 0.15) is 12.8 Å². The normalized spacial score (nSPS) is 20.6. The Morgan fingerprint density at radius 1 is 1.12 bits per heavy atom. The molecule has 2 aromatic heterocycles. The summed E-state index contributed by atoms with van der Waals surface area (Å²) in [5, 5.41) is 8.86. The Hall–Kier alpha value is -3.31. The van der Waals surface area contributed by atoms with Gasteiger partial charge in [0.15, 0.2) is 0 Å². The van der Waals surface area contributed by atoms with Crippen LogP contribution in [0, 0.1) is 0 Å². The van der Waals surface area contributed by atoms with Gasteiger partial charge in [-0.2, -0.15) is 0 Å². The van der Waals surface area contributed by atoms with Gasteiger partial charge in [-0.25, -0.2) is 9.97 Å². The Morgan fingerprint density at radius 3 is 2.54 bits per heavy atom. The number of pyridine rings is 2. The average Bonchev–Trinajstić information content (AvgIpc) is 3.47. The van der Waals surface area contributed by atoms with Crippen LogP contribution in [0.15, 0.2) is 37.1 Å². The zero-order valence-corrected chi connectivity index (χ0v) is 24.7. The largest absolute Gasteiger partial charge is 0.495 e. The number of methoxy groups -OCH3 is 3. The van der Waals surface area contributed by atoms with Crippen LogP contribution in [-0.2, 0) is 14.3 Å². The predicted molar refractivity (Wildman–Crippen MR) is 161 cm³/mol. The van der Waals surface area contributed by atoms with Gasteiger partial charge in [0.05, 0.1) is 54.8 Å². The number of carbonyl (C=O) groups is 1. The van der Waals surface area contributed by atoms with E-state index in [0.717, 1.165) is 29.6 Å². The number of carbonyl (C=O) groups excluding carboxylic acids is 1. The lowest BCUT2D eigenvalue weighted by molar-refractivity contribution is -0.117. The number of halogens is 2. The van der Waals surface area contributed by atoms with Gasteiger partial charge >= 0.3 is 0 Å². The first kappa shape index (κ1) is 29.2. The first-order valence-corrected chi connectivity index (χ1v) is 14.1. The summed E-state index contributed by atoms with van der Waals surface area (Å²) in [6, 6.07) is 5.24. The van der Waals surface area contributed by atoms with E-state index in [2.05, 4.69) is 22.1 Å². The van der Waals surface area contributed by atoms with Crippen molar-refractivity contribution in [2.75, 3.05) is 57.8 Å². The monoisotopic (exact) mass is 601 g/mol. The Bertz CT molecular complexity index is 1430. The van der Waals surface area contributed by atoms with Gasteiger partial charge in [-0.05, 0) is 31.1 Å². The summed E-state index contributed by atoms with van der Waals surface area (Å²) in [6.45, 7) is 6.01. The number of fused-ring (bicyclic) bond motifs is 1. The molecular formula is C29H33Cl2N5O5. The third-order valence-electron chi connectivity index (χ3n) is 7.50. The number of anilines is 2. The molecule has 3 atom stereocenters. The number of nitrogens with one attached hydrogen (secondary N) is 2. The molecule has 3 aromatic rings. The molecular weight excluding hydrogens is 569 g/mol. The highest BCUT2D eigenvalue weighted by atomic mass is 35.5. The number of amides is 1. The molecule has 2 fully saturated rings. The van der Waals surface area contributed by atoms with Crippen LogP contribution < -0.4 is 25.0 Å². The number of aromatic nitrogens is 2. The molecule has 1 aromatic carbocycles. The topological polar surface area (TPSA) is 107 Å². The van der Waals surface area contributed by atoms with Gasteiger partial charge in [0.2, 0.25) is 5.91 Å². The molecule has 2 aliphatic rings. The van der Waals surface area contributed by atoms with Crippen LogP contribution in [0.4, 0.5) is 11.6 Å². The van der Waals surface area contributed by atoms with Crippen LogP contribution in [0.25, 0.3) is 22.0 Å². The van der Waals surface area contributed by atoms with Gasteiger partial charge in [-0.15, -0.1) is 0 Å². The van der Waals surface area contributed by atoms with Gasteiger partial charge in [-0.3, -0.25) is 4.79 Å². The fraction of sp³-hybridized carbons (Fsp3) is 0.414. The molecule has 0 aliphatic carbocycles. The lowest BCUT2D eigenvalue weighted by Crippen LogP contribution is -2.52. The molecule has 2 N–H and O–H groups in total. The number of rotatable bonds is 9. The van der Waals surface area contributed by atoms with Gasteiger partial charge < -0.3 is 34.5 Å². The quantitative estimate of drug-likeness (QED) is 0.337. The molecule has 41 heavy (non-hydrogen) atoms. The highest BCUT2D eigenvalue weighted by Gasteiger charge is 2.29. The Kier molecular flexibility index (Phi) is 9.03. The molecule has 1 unspecified atom stereocenters. The van der Waals surface area contributed by atoms with E-state index in [0.29, 0.717) is 64.8 Å².